The summed E-state index contributed by atoms with van der Waals surface area (Å²) < 4.78 is 0. The third-order valence-electron chi connectivity index (χ3n) is 3.40. The van der Waals surface area contributed by atoms with Crippen molar-refractivity contribution in [1.82, 2.24) is 15.2 Å². The van der Waals surface area contributed by atoms with Crippen molar-refractivity contribution in [3.63, 3.8) is 0 Å². The average molecular weight is 295 g/mol. The van der Waals surface area contributed by atoms with Gasteiger partial charge in [-0.15, -0.1) is 11.3 Å². The molecule has 2 heterocycles. The van der Waals surface area contributed by atoms with Crippen LogP contribution in [0, 0.1) is 12.8 Å². The Morgan fingerprint density at radius 2 is 2.15 bits per heavy atom. The molecule has 0 aliphatic carbocycles. The summed E-state index contributed by atoms with van der Waals surface area (Å²) in [5, 5.41) is 5.64. The van der Waals surface area contributed by atoms with Crippen molar-refractivity contribution in [2.45, 2.75) is 46.2 Å². The zero-order valence-corrected chi connectivity index (χ0v) is 13.2. The first kappa shape index (κ1) is 15.0. The van der Waals surface area contributed by atoms with E-state index in [1.165, 1.54) is 11.3 Å². The zero-order valence-electron chi connectivity index (χ0n) is 12.3. The standard InChI is InChI=1S/C14H21N3O2S/c1-8(2)5-11-14(19)17(6-12(18)16-11)10(4)13-15-9(3)7-20-13/h7-8,10-11H,5-6H2,1-4H3,(H,16,18). The molecule has 1 aliphatic rings. The molecule has 1 N–H and O–H groups in total. The van der Waals surface area contributed by atoms with Crippen LogP contribution in [-0.2, 0) is 9.59 Å². The molecule has 0 radical (unpaired) electrons. The van der Waals surface area contributed by atoms with E-state index in [4.69, 9.17) is 0 Å². The first-order valence-electron chi connectivity index (χ1n) is 6.90. The second-order valence-corrected chi connectivity index (χ2v) is 6.61. The van der Waals surface area contributed by atoms with Gasteiger partial charge in [-0.05, 0) is 26.2 Å². The summed E-state index contributed by atoms with van der Waals surface area (Å²) in [6.45, 7) is 8.07. The molecule has 2 unspecified atom stereocenters. The van der Waals surface area contributed by atoms with Crippen LogP contribution in [0.5, 0.6) is 0 Å². The first-order valence-corrected chi connectivity index (χ1v) is 7.78. The third-order valence-corrected chi connectivity index (χ3v) is 4.53. The van der Waals surface area contributed by atoms with Crippen LogP contribution in [0.3, 0.4) is 0 Å². The third kappa shape index (κ3) is 3.17. The lowest BCUT2D eigenvalue weighted by molar-refractivity contribution is -0.146. The van der Waals surface area contributed by atoms with Crippen LogP contribution in [0.15, 0.2) is 5.38 Å². The summed E-state index contributed by atoms with van der Waals surface area (Å²) in [5.41, 5.74) is 0.949. The topological polar surface area (TPSA) is 62.3 Å². The van der Waals surface area contributed by atoms with E-state index < -0.39 is 6.04 Å². The minimum Gasteiger partial charge on any atom is -0.343 e. The molecular weight excluding hydrogens is 274 g/mol. The van der Waals surface area contributed by atoms with Crippen LogP contribution < -0.4 is 5.32 Å². The van der Waals surface area contributed by atoms with E-state index in [2.05, 4.69) is 10.3 Å². The number of nitrogens with one attached hydrogen (secondary N) is 1. The Kier molecular flexibility index (Phi) is 4.42. The molecule has 2 amide bonds. The lowest BCUT2D eigenvalue weighted by atomic mass is 10.00. The molecule has 6 heteroatoms. The van der Waals surface area contributed by atoms with Gasteiger partial charge in [-0.2, -0.15) is 0 Å². The van der Waals surface area contributed by atoms with Crippen molar-refractivity contribution in [2.24, 2.45) is 5.92 Å². The lowest BCUT2D eigenvalue weighted by Gasteiger charge is -2.36. The van der Waals surface area contributed by atoms with E-state index in [1.54, 1.807) is 4.90 Å². The second-order valence-electron chi connectivity index (χ2n) is 5.72. The Hall–Kier alpha value is -1.43. The highest BCUT2D eigenvalue weighted by molar-refractivity contribution is 7.09. The molecule has 110 valence electrons. The molecule has 1 saturated heterocycles. The van der Waals surface area contributed by atoms with Gasteiger partial charge in [0, 0.05) is 11.1 Å². The van der Waals surface area contributed by atoms with Crippen molar-refractivity contribution in [3.8, 4) is 0 Å². The van der Waals surface area contributed by atoms with Crippen LogP contribution in [0.25, 0.3) is 0 Å². The maximum atomic E-state index is 12.5. The van der Waals surface area contributed by atoms with E-state index in [1.807, 2.05) is 33.1 Å². The van der Waals surface area contributed by atoms with Gasteiger partial charge in [0.15, 0.2) is 0 Å². The SMILES string of the molecule is Cc1csc(C(C)N2CC(=O)NC(CC(C)C)C2=O)n1. The Morgan fingerprint density at radius 1 is 1.45 bits per heavy atom. The summed E-state index contributed by atoms with van der Waals surface area (Å²) in [5.74, 6) is 0.274. The Bertz CT molecular complexity index is 512. The molecule has 1 aromatic rings. The number of carbonyl (C=O) groups is 2. The second kappa shape index (κ2) is 5.91. The first-order chi connectivity index (χ1) is 9.38. The van der Waals surface area contributed by atoms with Crippen molar-refractivity contribution >= 4 is 23.2 Å². The number of hydrogen-bond donors (Lipinski definition) is 1. The Morgan fingerprint density at radius 3 is 2.70 bits per heavy atom. The number of rotatable bonds is 4. The number of amides is 2. The maximum Gasteiger partial charge on any atom is 0.246 e. The summed E-state index contributed by atoms with van der Waals surface area (Å²) >= 11 is 1.53. The molecule has 0 bridgehead atoms. The van der Waals surface area contributed by atoms with Gasteiger partial charge in [-0.3, -0.25) is 9.59 Å². The van der Waals surface area contributed by atoms with Gasteiger partial charge in [0.05, 0.1) is 6.04 Å². The average Bonchev–Trinajstić information content (AvgIpc) is 2.78. The molecule has 0 saturated carbocycles. The fraction of sp³-hybridized carbons (Fsp3) is 0.643. The molecule has 20 heavy (non-hydrogen) atoms. The monoisotopic (exact) mass is 295 g/mol. The van der Waals surface area contributed by atoms with E-state index in [-0.39, 0.29) is 24.4 Å². The number of piperazine rings is 1. The van der Waals surface area contributed by atoms with E-state index in [0.29, 0.717) is 12.3 Å². The number of nitrogens with zero attached hydrogens (tertiary/aromatic N) is 2. The normalized spacial score (nSPS) is 21.2. The number of thiazole rings is 1. The van der Waals surface area contributed by atoms with Gasteiger partial charge in [0.25, 0.3) is 0 Å². The minimum atomic E-state index is -0.403. The predicted octanol–water partition coefficient (Wildman–Crippen LogP) is 1.89. The molecular formula is C14H21N3O2S. The van der Waals surface area contributed by atoms with Crippen LogP contribution in [0.2, 0.25) is 0 Å². The van der Waals surface area contributed by atoms with Gasteiger partial charge in [0.1, 0.15) is 17.6 Å². The predicted molar refractivity (Wildman–Crippen MR) is 78.4 cm³/mol. The number of carbonyl (C=O) groups excluding carboxylic acids is 2. The van der Waals surface area contributed by atoms with Gasteiger partial charge in [-0.25, -0.2) is 4.98 Å². The summed E-state index contributed by atoms with van der Waals surface area (Å²) in [6.07, 6.45) is 0.671. The molecule has 1 aliphatic heterocycles. The van der Waals surface area contributed by atoms with Crippen molar-refractivity contribution in [2.75, 3.05) is 6.54 Å². The summed E-state index contributed by atoms with van der Waals surface area (Å²) in [6, 6.07) is -0.554. The Labute approximate surface area is 123 Å². The largest absolute Gasteiger partial charge is 0.343 e. The van der Waals surface area contributed by atoms with Crippen molar-refractivity contribution in [1.29, 1.82) is 0 Å². The highest BCUT2D eigenvalue weighted by atomic mass is 32.1. The minimum absolute atomic E-state index is 0.00125. The van der Waals surface area contributed by atoms with E-state index in [0.717, 1.165) is 10.7 Å². The van der Waals surface area contributed by atoms with Crippen LogP contribution in [0.4, 0.5) is 0 Å². The lowest BCUT2D eigenvalue weighted by Crippen LogP contribution is -2.58. The van der Waals surface area contributed by atoms with Crippen LogP contribution >= 0.6 is 11.3 Å². The Balaban J connectivity index is 2.17. The maximum absolute atomic E-state index is 12.5. The van der Waals surface area contributed by atoms with Gasteiger partial charge in [-0.1, -0.05) is 13.8 Å². The van der Waals surface area contributed by atoms with Gasteiger partial charge < -0.3 is 10.2 Å². The fourth-order valence-corrected chi connectivity index (χ4v) is 3.26. The van der Waals surface area contributed by atoms with E-state index >= 15 is 0 Å². The molecule has 0 spiro atoms. The van der Waals surface area contributed by atoms with Crippen molar-refractivity contribution in [3.05, 3.63) is 16.1 Å². The zero-order chi connectivity index (χ0) is 14.9. The van der Waals surface area contributed by atoms with Gasteiger partial charge in [0.2, 0.25) is 11.8 Å². The highest BCUT2D eigenvalue weighted by Gasteiger charge is 2.36. The van der Waals surface area contributed by atoms with Crippen molar-refractivity contribution < 1.29 is 9.59 Å². The number of hydrogen-bond acceptors (Lipinski definition) is 4. The highest BCUT2D eigenvalue weighted by Crippen LogP contribution is 2.26. The number of aryl methyl sites for hydroxylation is 1. The van der Waals surface area contributed by atoms with Gasteiger partial charge >= 0.3 is 0 Å². The molecule has 0 aromatic carbocycles. The molecule has 5 nitrogen and oxygen atoms in total. The fourth-order valence-electron chi connectivity index (χ4n) is 2.39. The quantitative estimate of drug-likeness (QED) is 0.922. The van der Waals surface area contributed by atoms with E-state index in [9.17, 15) is 9.59 Å². The molecule has 1 aromatic heterocycles. The summed E-state index contributed by atoms with van der Waals surface area (Å²) in [4.78, 5) is 30.4. The molecule has 2 atom stereocenters. The molecule has 2 rings (SSSR count). The number of aromatic nitrogens is 1. The van der Waals surface area contributed by atoms with Crippen LogP contribution in [0.1, 0.15) is 43.9 Å². The molecule has 1 fully saturated rings. The smallest absolute Gasteiger partial charge is 0.246 e. The van der Waals surface area contributed by atoms with Crippen LogP contribution in [-0.4, -0.2) is 34.3 Å². The summed E-state index contributed by atoms with van der Waals surface area (Å²) in [7, 11) is 0.